The third-order valence-electron chi connectivity index (χ3n) is 4.26. The highest BCUT2D eigenvalue weighted by molar-refractivity contribution is 5.79. The van der Waals surface area contributed by atoms with Gasteiger partial charge in [-0.3, -0.25) is 9.89 Å². The van der Waals surface area contributed by atoms with Crippen LogP contribution < -0.4 is 20.1 Å². The molecule has 146 valence electrons. The number of hydrogen-bond donors (Lipinski definition) is 2. The Bertz CT molecular complexity index is 547. The van der Waals surface area contributed by atoms with Crippen molar-refractivity contribution < 1.29 is 14.2 Å². The molecule has 0 saturated carbocycles. The van der Waals surface area contributed by atoms with Gasteiger partial charge in [0.15, 0.2) is 17.5 Å². The second-order valence-electron chi connectivity index (χ2n) is 6.40. The second kappa shape index (κ2) is 11.6. The van der Waals surface area contributed by atoms with Crippen LogP contribution in [0.15, 0.2) is 29.3 Å². The van der Waals surface area contributed by atoms with E-state index in [-0.39, 0.29) is 0 Å². The van der Waals surface area contributed by atoms with Crippen molar-refractivity contribution in [1.29, 1.82) is 0 Å². The maximum absolute atomic E-state index is 5.87. The third-order valence-corrected chi connectivity index (χ3v) is 4.26. The first-order valence-corrected chi connectivity index (χ1v) is 9.23. The molecule has 2 N–H and O–H groups in total. The lowest BCUT2D eigenvalue weighted by Crippen LogP contribution is -2.45. The quantitative estimate of drug-likeness (QED) is 0.507. The third kappa shape index (κ3) is 7.09. The number of hydrogen-bond acceptors (Lipinski definition) is 5. The molecule has 0 aliphatic carbocycles. The molecule has 1 fully saturated rings. The molecule has 1 aromatic carbocycles. The summed E-state index contributed by atoms with van der Waals surface area (Å²) in [7, 11) is 3.44. The maximum Gasteiger partial charge on any atom is 0.191 e. The van der Waals surface area contributed by atoms with Crippen molar-refractivity contribution in [3.8, 4) is 11.5 Å². The Morgan fingerprint density at radius 3 is 2.65 bits per heavy atom. The normalized spacial score (nSPS) is 16.8. The number of guanidine groups is 1. The average Bonchev–Trinajstić information content (AvgIpc) is 2.69. The van der Waals surface area contributed by atoms with Gasteiger partial charge in [-0.05, 0) is 12.1 Å². The van der Waals surface area contributed by atoms with Crippen LogP contribution in [0.5, 0.6) is 11.5 Å². The van der Waals surface area contributed by atoms with E-state index in [2.05, 4.69) is 27.4 Å². The summed E-state index contributed by atoms with van der Waals surface area (Å²) in [5, 5.41) is 6.72. The van der Waals surface area contributed by atoms with Gasteiger partial charge in [0.25, 0.3) is 0 Å². The Labute approximate surface area is 156 Å². The number of methoxy groups -OCH3 is 1. The minimum atomic E-state index is 0.331. The fourth-order valence-electron chi connectivity index (χ4n) is 2.68. The van der Waals surface area contributed by atoms with Crippen LogP contribution >= 0.6 is 0 Å². The zero-order valence-electron chi connectivity index (χ0n) is 16.2. The van der Waals surface area contributed by atoms with Gasteiger partial charge in [0.1, 0.15) is 0 Å². The van der Waals surface area contributed by atoms with E-state index in [1.165, 1.54) is 0 Å². The van der Waals surface area contributed by atoms with Gasteiger partial charge in [0.2, 0.25) is 0 Å². The monoisotopic (exact) mass is 364 g/mol. The lowest BCUT2D eigenvalue weighted by Gasteiger charge is -2.26. The predicted molar refractivity (Wildman–Crippen MR) is 104 cm³/mol. The highest BCUT2D eigenvalue weighted by atomic mass is 16.5. The summed E-state index contributed by atoms with van der Waals surface area (Å²) in [6.45, 7) is 9.07. The summed E-state index contributed by atoms with van der Waals surface area (Å²) >= 11 is 0. The molecular formula is C19H32N4O3. The molecule has 1 atom stereocenters. The zero-order valence-corrected chi connectivity index (χ0v) is 16.2. The Morgan fingerprint density at radius 1 is 1.23 bits per heavy atom. The smallest absolute Gasteiger partial charge is 0.191 e. The predicted octanol–water partition coefficient (Wildman–Crippen LogP) is 1.21. The summed E-state index contributed by atoms with van der Waals surface area (Å²) in [6, 6.07) is 7.70. The van der Waals surface area contributed by atoms with Gasteiger partial charge in [-0.25, -0.2) is 0 Å². The number of aliphatic imine (C=N–C) groups is 1. The van der Waals surface area contributed by atoms with Gasteiger partial charge >= 0.3 is 0 Å². The van der Waals surface area contributed by atoms with Crippen molar-refractivity contribution in [2.24, 2.45) is 10.9 Å². The number of nitrogens with zero attached hydrogens (tertiary/aromatic N) is 2. The van der Waals surface area contributed by atoms with Crippen LogP contribution in [-0.2, 0) is 4.74 Å². The Kier molecular flexibility index (Phi) is 9.06. The van der Waals surface area contributed by atoms with E-state index in [0.29, 0.717) is 12.5 Å². The highest BCUT2D eigenvalue weighted by Gasteiger charge is 2.10. The summed E-state index contributed by atoms with van der Waals surface area (Å²) in [5.74, 6) is 2.68. The van der Waals surface area contributed by atoms with Crippen LogP contribution in [0.1, 0.15) is 6.92 Å². The number of ether oxygens (including phenoxy) is 3. The fraction of sp³-hybridized carbons (Fsp3) is 0.632. The average molecular weight is 364 g/mol. The Morgan fingerprint density at radius 2 is 1.96 bits per heavy atom. The van der Waals surface area contributed by atoms with Crippen LogP contribution in [0.25, 0.3) is 0 Å². The van der Waals surface area contributed by atoms with Crippen molar-refractivity contribution >= 4 is 5.96 Å². The van der Waals surface area contributed by atoms with Gasteiger partial charge < -0.3 is 24.8 Å². The van der Waals surface area contributed by atoms with Crippen molar-refractivity contribution in [3.05, 3.63) is 24.3 Å². The highest BCUT2D eigenvalue weighted by Crippen LogP contribution is 2.26. The Balaban J connectivity index is 1.63. The van der Waals surface area contributed by atoms with E-state index in [1.807, 2.05) is 24.3 Å². The van der Waals surface area contributed by atoms with Gasteiger partial charge in [-0.15, -0.1) is 0 Å². The molecule has 1 aromatic rings. The van der Waals surface area contributed by atoms with Crippen LogP contribution in [0.4, 0.5) is 0 Å². The first kappa shape index (κ1) is 20.3. The number of para-hydroxylation sites is 2. The molecule has 1 unspecified atom stereocenters. The van der Waals surface area contributed by atoms with Gasteiger partial charge in [-0.2, -0.15) is 0 Å². The lowest BCUT2D eigenvalue weighted by molar-refractivity contribution is 0.0389. The molecule has 1 aliphatic rings. The minimum absolute atomic E-state index is 0.331. The minimum Gasteiger partial charge on any atom is -0.493 e. The molecule has 0 aromatic heterocycles. The molecule has 0 bridgehead atoms. The summed E-state index contributed by atoms with van der Waals surface area (Å²) in [4.78, 5) is 6.68. The van der Waals surface area contributed by atoms with Crippen molar-refractivity contribution in [3.63, 3.8) is 0 Å². The SMILES string of the molecule is CN=C(NCCN1CCOCC1)NCC(C)COc1ccccc1OC. The topological polar surface area (TPSA) is 67.4 Å². The fourth-order valence-corrected chi connectivity index (χ4v) is 2.68. The molecule has 0 amide bonds. The number of morpholine rings is 1. The number of benzene rings is 1. The largest absolute Gasteiger partial charge is 0.493 e. The van der Waals surface area contributed by atoms with Crippen LogP contribution in [0, 0.1) is 5.92 Å². The molecule has 7 heteroatoms. The summed E-state index contributed by atoms with van der Waals surface area (Å²) in [6.07, 6.45) is 0. The van der Waals surface area contributed by atoms with E-state index < -0.39 is 0 Å². The molecule has 1 saturated heterocycles. The molecule has 26 heavy (non-hydrogen) atoms. The van der Waals surface area contributed by atoms with E-state index in [9.17, 15) is 0 Å². The molecule has 2 rings (SSSR count). The van der Waals surface area contributed by atoms with Crippen molar-refractivity contribution in [2.75, 3.05) is 66.7 Å². The molecule has 7 nitrogen and oxygen atoms in total. The molecule has 0 spiro atoms. The molecule has 1 heterocycles. The van der Waals surface area contributed by atoms with Crippen LogP contribution in [0.2, 0.25) is 0 Å². The number of rotatable bonds is 9. The zero-order chi connectivity index (χ0) is 18.6. The standard InChI is InChI=1S/C19H32N4O3/c1-16(15-26-18-7-5-4-6-17(18)24-3)14-22-19(20-2)21-8-9-23-10-12-25-13-11-23/h4-7,16H,8-15H2,1-3H3,(H2,20,21,22). The maximum atomic E-state index is 5.87. The van der Waals surface area contributed by atoms with E-state index in [1.54, 1.807) is 14.2 Å². The molecule has 1 aliphatic heterocycles. The van der Waals surface area contributed by atoms with E-state index >= 15 is 0 Å². The van der Waals surface area contributed by atoms with Crippen LogP contribution in [0.3, 0.4) is 0 Å². The van der Waals surface area contributed by atoms with Gasteiger partial charge in [-0.1, -0.05) is 19.1 Å². The van der Waals surface area contributed by atoms with E-state index in [4.69, 9.17) is 14.2 Å². The number of nitrogens with one attached hydrogen (secondary N) is 2. The second-order valence-corrected chi connectivity index (χ2v) is 6.40. The van der Waals surface area contributed by atoms with Crippen molar-refractivity contribution in [2.45, 2.75) is 6.92 Å². The lowest BCUT2D eigenvalue weighted by atomic mass is 10.2. The van der Waals surface area contributed by atoms with Gasteiger partial charge in [0, 0.05) is 45.7 Å². The van der Waals surface area contributed by atoms with Gasteiger partial charge in [0.05, 0.1) is 26.9 Å². The molecular weight excluding hydrogens is 332 g/mol. The first-order chi connectivity index (χ1) is 12.7. The van der Waals surface area contributed by atoms with Crippen molar-refractivity contribution in [1.82, 2.24) is 15.5 Å². The Hall–Kier alpha value is -1.99. The molecule has 0 radical (unpaired) electrons. The first-order valence-electron chi connectivity index (χ1n) is 9.23. The summed E-state index contributed by atoms with van der Waals surface area (Å²) < 4.78 is 16.5. The summed E-state index contributed by atoms with van der Waals surface area (Å²) in [5.41, 5.74) is 0. The van der Waals surface area contributed by atoms with Crippen LogP contribution in [-0.4, -0.2) is 77.6 Å². The van der Waals surface area contributed by atoms with E-state index in [0.717, 1.165) is 63.4 Å².